The number of nitrogens with zero attached hydrogens (tertiary/aromatic N) is 1. The standard InChI is InChI=1S/C25H32N2O3/c1-18(2)22-11-7-8-12-23(22)30-19(3)25(29)27-15-13-21(14-16-27)26-24(28)17-20-9-5-4-6-10-20/h4-12,18-19,21H,13-17H2,1-3H3,(H,26,28). The molecule has 160 valence electrons. The molecule has 1 fully saturated rings. The molecule has 1 unspecified atom stereocenters. The quantitative estimate of drug-likeness (QED) is 0.755. The maximum absolute atomic E-state index is 12.9. The molecule has 30 heavy (non-hydrogen) atoms. The number of hydrogen-bond acceptors (Lipinski definition) is 3. The monoisotopic (exact) mass is 408 g/mol. The van der Waals surface area contributed by atoms with E-state index in [2.05, 4.69) is 19.2 Å². The van der Waals surface area contributed by atoms with E-state index in [-0.39, 0.29) is 17.9 Å². The molecule has 1 aliphatic rings. The fourth-order valence-electron chi connectivity index (χ4n) is 3.87. The van der Waals surface area contributed by atoms with Gasteiger partial charge in [-0.05, 0) is 42.9 Å². The molecule has 2 aromatic carbocycles. The van der Waals surface area contributed by atoms with Crippen LogP contribution in [0.5, 0.6) is 5.75 Å². The van der Waals surface area contributed by atoms with Crippen LogP contribution in [-0.2, 0) is 16.0 Å². The van der Waals surface area contributed by atoms with Crippen molar-refractivity contribution in [3.05, 3.63) is 65.7 Å². The highest BCUT2D eigenvalue weighted by Gasteiger charge is 2.28. The van der Waals surface area contributed by atoms with Gasteiger partial charge in [0.2, 0.25) is 5.91 Å². The first-order valence-electron chi connectivity index (χ1n) is 10.8. The van der Waals surface area contributed by atoms with Gasteiger partial charge in [-0.3, -0.25) is 9.59 Å². The zero-order chi connectivity index (χ0) is 21.5. The number of ether oxygens (including phenoxy) is 1. The number of piperidine rings is 1. The normalized spacial score (nSPS) is 15.7. The zero-order valence-corrected chi connectivity index (χ0v) is 18.1. The minimum absolute atomic E-state index is 0.00243. The summed E-state index contributed by atoms with van der Waals surface area (Å²) in [6.07, 6.45) is 1.39. The molecule has 1 atom stereocenters. The Balaban J connectivity index is 1.47. The van der Waals surface area contributed by atoms with Gasteiger partial charge in [0.05, 0.1) is 6.42 Å². The number of benzene rings is 2. The summed E-state index contributed by atoms with van der Waals surface area (Å²) in [4.78, 5) is 27.0. The number of carbonyl (C=O) groups excluding carboxylic acids is 2. The van der Waals surface area contributed by atoms with E-state index in [9.17, 15) is 9.59 Å². The van der Waals surface area contributed by atoms with E-state index in [0.717, 1.165) is 29.7 Å². The van der Waals surface area contributed by atoms with Crippen molar-refractivity contribution < 1.29 is 14.3 Å². The van der Waals surface area contributed by atoms with Gasteiger partial charge in [0.25, 0.3) is 5.91 Å². The summed E-state index contributed by atoms with van der Waals surface area (Å²) in [5, 5.41) is 3.11. The number of nitrogens with one attached hydrogen (secondary N) is 1. The average Bonchev–Trinajstić information content (AvgIpc) is 2.74. The third-order valence-electron chi connectivity index (χ3n) is 5.57. The van der Waals surface area contributed by atoms with Gasteiger partial charge in [0, 0.05) is 19.1 Å². The number of rotatable bonds is 7. The number of amides is 2. The molecule has 1 heterocycles. The van der Waals surface area contributed by atoms with Crippen molar-refractivity contribution in [1.82, 2.24) is 10.2 Å². The number of hydrogen-bond donors (Lipinski definition) is 1. The van der Waals surface area contributed by atoms with Crippen molar-refractivity contribution in [3.63, 3.8) is 0 Å². The number of likely N-dealkylation sites (tertiary alicyclic amines) is 1. The molecule has 1 saturated heterocycles. The van der Waals surface area contributed by atoms with Gasteiger partial charge in [-0.15, -0.1) is 0 Å². The number of carbonyl (C=O) groups is 2. The largest absolute Gasteiger partial charge is 0.481 e. The second-order valence-corrected chi connectivity index (χ2v) is 8.28. The molecule has 3 rings (SSSR count). The van der Waals surface area contributed by atoms with E-state index in [1.165, 1.54) is 0 Å². The highest BCUT2D eigenvalue weighted by molar-refractivity contribution is 5.81. The summed E-state index contributed by atoms with van der Waals surface area (Å²) < 4.78 is 6.02. The first kappa shape index (κ1) is 21.9. The Labute approximate surface area is 179 Å². The van der Waals surface area contributed by atoms with E-state index in [1.54, 1.807) is 0 Å². The lowest BCUT2D eigenvalue weighted by atomic mass is 10.0. The molecule has 5 heteroatoms. The first-order chi connectivity index (χ1) is 14.4. The van der Waals surface area contributed by atoms with Gasteiger partial charge in [-0.2, -0.15) is 0 Å². The lowest BCUT2D eigenvalue weighted by Crippen LogP contribution is -2.49. The lowest BCUT2D eigenvalue weighted by molar-refractivity contribution is -0.139. The molecule has 1 aliphatic heterocycles. The molecule has 2 amide bonds. The molecular weight excluding hydrogens is 376 g/mol. The van der Waals surface area contributed by atoms with Crippen molar-refractivity contribution in [2.45, 2.75) is 58.1 Å². The van der Waals surface area contributed by atoms with Crippen LogP contribution in [0.4, 0.5) is 0 Å². The van der Waals surface area contributed by atoms with Crippen molar-refractivity contribution >= 4 is 11.8 Å². The van der Waals surface area contributed by atoms with Crippen LogP contribution in [0, 0.1) is 0 Å². The molecular formula is C25H32N2O3. The fourth-order valence-corrected chi connectivity index (χ4v) is 3.87. The molecule has 2 aromatic rings. The van der Waals surface area contributed by atoms with Crippen LogP contribution >= 0.6 is 0 Å². The molecule has 0 saturated carbocycles. The smallest absolute Gasteiger partial charge is 0.263 e. The lowest BCUT2D eigenvalue weighted by Gasteiger charge is -2.34. The van der Waals surface area contributed by atoms with Crippen molar-refractivity contribution in [2.75, 3.05) is 13.1 Å². The molecule has 0 aliphatic carbocycles. The SMILES string of the molecule is CC(Oc1ccccc1C(C)C)C(=O)N1CCC(NC(=O)Cc2ccccc2)CC1. The second-order valence-electron chi connectivity index (χ2n) is 8.28. The highest BCUT2D eigenvalue weighted by Crippen LogP contribution is 2.27. The van der Waals surface area contributed by atoms with Crippen LogP contribution in [0.2, 0.25) is 0 Å². The average molecular weight is 409 g/mol. The van der Waals surface area contributed by atoms with Crippen LogP contribution in [0.1, 0.15) is 50.7 Å². The van der Waals surface area contributed by atoms with Crippen LogP contribution in [0.15, 0.2) is 54.6 Å². The fraction of sp³-hybridized carbons (Fsp3) is 0.440. The zero-order valence-electron chi connectivity index (χ0n) is 18.1. The molecule has 0 bridgehead atoms. The topological polar surface area (TPSA) is 58.6 Å². The summed E-state index contributed by atoms with van der Waals surface area (Å²) in [5.74, 6) is 1.14. The minimum atomic E-state index is -0.533. The van der Waals surface area contributed by atoms with Crippen LogP contribution in [0.25, 0.3) is 0 Å². The van der Waals surface area contributed by atoms with Crippen LogP contribution in [-0.4, -0.2) is 41.9 Å². The van der Waals surface area contributed by atoms with Crippen molar-refractivity contribution in [3.8, 4) is 5.75 Å². The van der Waals surface area contributed by atoms with Gasteiger partial charge < -0.3 is 15.0 Å². The summed E-state index contributed by atoms with van der Waals surface area (Å²) in [6.45, 7) is 7.31. The summed E-state index contributed by atoms with van der Waals surface area (Å²) in [6, 6.07) is 17.7. The Bertz CT molecular complexity index is 842. The van der Waals surface area contributed by atoms with E-state index in [4.69, 9.17) is 4.74 Å². The number of para-hydroxylation sites is 1. The summed E-state index contributed by atoms with van der Waals surface area (Å²) in [7, 11) is 0. The summed E-state index contributed by atoms with van der Waals surface area (Å²) >= 11 is 0. The van der Waals surface area contributed by atoms with Gasteiger partial charge in [-0.1, -0.05) is 62.4 Å². The summed E-state index contributed by atoms with van der Waals surface area (Å²) in [5.41, 5.74) is 2.12. The van der Waals surface area contributed by atoms with Crippen molar-refractivity contribution in [2.24, 2.45) is 0 Å². The maximum atomic E-state index is 12.9. The highest BCUT2D eigenvalue weighted by atomic mass is 16.5. The predicted molar refractivity (Wildman–Crippen MR) is 119 cm³/mol. The minimum Gasteiger partial charge on any atom is -0.481 e. The van der Waals surface area contributed by atoms with Gasteiger partial charge >= 0.3 is 0 Å². The molecule has 0 radical (unpaired) electrons. The maximum Gasteiger partial charge on any atom is 0.263 e. The van der Waals surface area contributed by atoms with E-state index < -0.39 is 6.10 Å². The van der Waals surface area contributed by atoms with Gasteiger partial charge in [0.1, 0.15) is 5.75 Å². The Hall–Kier alpha value is -2.82. The molecule has 5 nitrogen and oxygen atoms in total. The van der Waals surface area contributed by atoms with E-state index in [1.807, 2.05) is 66.4 Å². The van der Waals surface area contributed by atoms with Crippen LogP contribution < -0.4 is 10.1 Å². The van der Waals surface area contributed by atoms with Gasteiger partial charge in [-0.25, -0.2) is 0 Å². The molecule has 1 N–H and O–H groups in total. The van der Waals surface area contributed by atoms with Crippen LogP contribution in [0.3, 0.4) is 0 Å². The Morgan fingerprint density at radius 2 is 1.63 bits per heavy atom. The first-order valence-corrected chi connectivity index (χ1v) is 10.8. The van der Waals surface area contributed by atoms with Gasteiger partial charge in [0.15, 0.2) is 6.10 Å². The van der Waals surface area contributed by atoms with E-state index in [0.29, 0.717) is 25.4 Å². The second kappa shape index (κ2) is 10.3. The Morgan fingerprint density at radius 3 is 2.30 bits per heavy atom. The molecule has 0 aromatic heterocycles. The third-order valence-corrected chi connectivity index (χ3v) is 5.57. The third kappa shape index (κ3) is 5.85. The van der Waals surface area contributed by atoms with Crippen molar-refractivity contribution in [1.29, 1.82) is 0 Å². The Morgan fingerprint density at radius 1 is 1.00 bits per heavy atom. The molecule has 0 spiro atoms. The van der Waals surface area contributed by atoms with E-state index >= 15 is 0 Å². The Kier molecular flexibility index (Phi) is 7.50. The predicted octanol–water partition coefficient (Wildman–Crippen LogP) is 3.93.